The maximum atomic E-state index is 13.5. The molecule has 1 aliphatic heterocycles. The van der Waals surface area contributed by atoms with Crippen LogP contribution in [0.4, 0.5) is 8.78 Å². The van der Waals surface area contributed by atoms with Crippen molar-refractivity contribution in [3.8, 4) is 17.2 Å². The zero-order valence-corrected chi connectivity index (χ0v) is 17.8. The minimum absolute atomic E-state index is 0.233. The number of rotatable bonds is 7. The van der Waals surface area contributed by atoms with Crippen LogP contribution in [0, 0.1) is 11.6 Å². The molecule has 1 aliphatic rings. The monoisotopic (exact) mass is 442 g/mol. The summed E-state index contributed by atoms with van der Waals surface area (Å²) in [6, 6.07) is 6.28. The number of benzene rings is 2. The van der Waals surface area contributed by atoms with Gasteiger partial charge in [-0.15, -0.1) is 0 Å². The zero-order valence-electron chi connectivity index (χ0n) is 17.0. The fourth-order valence-corrected chi connectivity index (χ4v) is 4.88. The molecule has 0 amide bonds. The number of methoxy groups -OCH3 is 3. The van der Waals surface area contributed by atoms with E-state index in [0.717, 1.165) is 17.7 Å². The second-order valence-corrected chi connectivity index (χ2v) is 8.69. The van der Waals surface area contributed by atoms with E-state index in [-0.39, 0.29) is 18.0 Å². The first-order valence-corrected chi connectivity index (χ1v) is 10.7. The van der Waals surface area contributed by atoms with Gasteiger partial charge in [-0.1, -0.05) is 6.07 Å². The Morgan fingerprint density at radius 1 is 0.867 bits per heavy atom. The quantitative estimate of drug-likeness (QED) is 0.657. The molecule has 10 heteroatoms. The predicted octanol–water partition coefficient (Wildman–Crippen LogP) is 2.50. The molecule has 0 atom stereocenters. The Labute approximate surface area is 174 Å². The fraction of sp³-hybridized carbons (Fsp3) is 0.400. The van der Waals surface area contributed by atoms with Crippen LogP contribution in [0.3, 0.4) is 0 Å². The number of ether oxygens (including phenoxy) is 3. The molecule has 0 aromatic heterocycles. The van der Waals surface area contributed by atoms with Gasteiger partial charge in [0.15, 0.2) is 23.1 Å². The molecule has 0 bridgehead atoms. The van der Waals surface area contributed by atoms with Crippen LogP contribution < -0.4 is 14.2 Å². The maximum absolute atomic E-state index is 13.5. The molecule has 2 aromatic carbocycles. The third-order valence-electron chi connectivity index (χ3n) is 5.04. The molecule has 164 valence electrons. The second kappa shape index (κ2) is 9.15. The van der Waals surface area contributed by atoms with Crippen molar-refractivity contribution in [2.24, 2.45) is 0 Å². The molecular weight excluding hydrogens is 418 g/mol. The molecule has 0 saturated carbocycles. The molecule has 0 N–H and O–H groups in total. The van der Waals surface area contributed by atoms with Crippen molar-refractivity contribution in [3.63, 3.8) is 0 Å². The van der Waals surface area contributed by atoms with E-state index in [2.05, 4.69) is 4.90 Å². The molecule has 1 fully saturated rings. The number of piperazine rings is 1. The Morgan fingerprint density at radius 2 is 1.53 bits per heavy atom. The van der Waals surface area contributed by atoms with Crippen LogP contribution in [0.25, 0.3) is 0 Å². The number of hydrogen-bond donors (Lipinski definition) is 0. The van der Waals surface area contributed by atoms with E-state index in [0.29, 0.717) is 42.9 Å². The van der Waals surface area contributed by atoms with Gasteiger partial charge in [-0.3, -0.25) is 4.90 Å². The van der Waals surface area contributed by atoms with Crippen molar-refractivity contribution in [3.05, 3.63) is 47.5 Å². The van der Waals surface area contributed by atoms with E-state index in [9.17, 15) is 17.2 Å². The largest absolute Gasteiger partial charge is 0.493 e. The highest BCUT2D eigenvalue weighted by atomic mass is 32.2. The van der Waals surface area contributed by atoms with Crippen LogP contribution in [0.1, 0.15) is 5.56 Å². The first-order valence-electron chi connectivity index (χ1n) is 9.27. The Kier molecular flexibility index (Phi) is 6.79. The summed E-state index contributed by atoms with van der Waals surface area (Å²) in [5.41, 5.74) is 0.882. The predicted molar refractivity (Wildman–Crippen MR) is 106 cm³/mol. The van der Waals surface area contributed by atoms with Gasteiger partial charge in [-0.25, -0.2) is 17.2 Å². The van der Waals surface area contributed by atoms with Crippen LogP contribution in [-0.4, -0.2) is 65.1 Å². The van der Waals surface area contributed by atoms with Gasteiger partial charge in [0.2, 0.25) is 15.8 Å². The lowest BCUT2D eigenvalue weighted by Crippen LogP contribution is -2.48. The molecular formula is C20H24F2N2O5S. The molecule has 7 nitrogen and oxygen atoms in total. The van der Waals surface area contributed by atoms with Crippen LogP contribution in [0.5, 0.6) is 17.2 Å². The summed E-state index contributed by atoms with van der Waals surface area (Å²) in [5, 5.41) is 0. The molecule has 1 heterocycles. The average Bonchev–Trinajstić information content (AvgIpc) is 2.75. The van der Waals surface area contributed by atoms with Gasteiger partial charge in [0.25, 0.3) is 0 Å². The molecule has 0 aliphatic carbocycles. The number of hydrogen-bond acceptors (Lipinski definition) is 6. The minimum atomic E-state index is -3.89. The summed E-state index contributed by atoms with van der Waals surface area (Å²) >= 11 is 0. The Hall–Kier alpha value is -2.43. The third-order valence-corrected chi connectivity index (χ3v) is 6.93. The summed E-state index contributed by atoms with van der Waals surface area (Å²) in [7, 11) is 0.736. The topological polar surface area (TPSA) is 68.3 Å². The van der Waals surface area contributed by atoms with E-state index in [1.54, 1.807) is 20.3 Å². The van der Waals surface area contributed by atoms with E-state index in [1.807, 2.05) is 6.07 Å². The van der Waals surface area contributed by atoms with Crippen LogP contribution >= 0.6 is 0 Å². The van der Waals surface area contributed by atoms with Crippen molar-refractivity contribution in [2.75, 3.05) is 47.5 Å². The van der Waals surface area contributed by atoms with E-state index in [1.165, 1.54) is 11.4 Å². The van der Waals surface area contributed by atoms with Gasteiger partial charge in [0.05, 0.1) is 26.2 Å². The molecule has 3 rings (SSSR count). The van der Waals surface area contributed by atoms with Gasteiger partial charge >= 0.3 is 0 Å². The first-order chi connectivity index (χ1) is 14.3. The van der Waals surface area contributed by atoms with E-state index < -0.39 is 21.7 Å². The van der Waals surface area contributed by atoms with Crippen LogP contribution in [0.2, 0.25) is 0 Å². The Balaban J connectivity index is 1.71. The third kappa shape index (κ3) is 4.35. The highest BCUT2D eigenvalue weighted by Crippen LogP contribution is 2.40. The van der Waals surface area contributed by atoms with Crippen molar-refractivity contribution in [2.45, 2.75) is 11.4 Å². The summed E-state index contributed by atoms with van der Waals surface area (Å²) in [6.07, 6.45) is 0. The maximum Gasteiger partial charge on any atom is 0.243 e. The van der Waals surface area contributed by atoms with Crippen molar-refractivity contribution in [1.29, 1.82) is 0 Å². The van der Waals surface area contributed by atoms with Gasteiger partial charge in [0.1, 0.15) is 0 Å². The lowest BCUT2D eigenvalue weighted by atomic mass is 10.1. The fourth-order valence-electron chi connectivity index (χ4n) is 3.44. The number of nitrogens with zero attached hydrogens (tertiary/aromatic N) is 2. The molecule has 0 radical (unpaired) electrons. The van der Waals surface area contributed by atoms with Crippen molar-refractivity contribution < 1.29 is 31.4 Å². The molecule has 0 spiro atoms. The van der Waals surface area contributed by atoms with Gasteiger partial charge < -0.3 is 14.2 Å². The normalized spacial score (nSPS) is 15.8. The summed E-state index contributed by atoms with van der Waals surface area (Å²) in [4.78, 5) is 1.83. The molecule has 2 aromatic rings. The molecule has 0 unspecified atom stereocenters. The van der Waals surface area contributed by atoms with Crippen molar-refractivity contribution in [1.82, 2.24) is 9.21 Å². The van der Waals surface area contributed by atoms with E-state index >= 15 is 0 Å². The first kappa shape index (κ1) is 22.3. The van der Waals surface area contributed by atoms with Crippen LogP contribution in [-0.2, 0) is 16.6 Å². The smallest absolute Gasteiger partial charge is 0.243 e. The Morgan fingerprint density at radius 3 is 2.10 bits per heavy atom. The second-order valence-electron chi connectivity index (χ2n) is 6.75. The highest BCUT2D eigenvalue weighted by molar-refractivity contribution is 7.89. The summed E-state index contributed by atoms with van der Waals surface area (Å²) in [6.45, 7) is 1.94. The van der Waals surface area contributed by atoms with Crippen molar-refractivity contribution >= 4 is 10.0 Å². The van der Waals surface area contributed by atoms with Crippen LogP contribution in [0.15, 0.2) is 35.2 Å². The molecule has 1 saturated heterocycles. The summed E-state index contributed by atoms with van der Waals surface area (Å²) in [5.74, 6) is -0.649. The minimum Gasteiger partial charge on any atom is -0.493 e. The SMILES string of the molecule is COc1ccc(CN2CCN(S(=O)(=O)c3ccc(F)c(F)c3)CC2)c(OC)c1OC. The zero-order chi connectivity index (χ0) is 21.9. The van der Waals surface area contributed by atoms with Gasteiger partial charge in [-0.05, 0) is 24.3 Å². The molecule has 30 heavy (non-hydrogen) atoms. The average molecular weight is 442 g/mol. The summed E-state index contributed by atoms with van der Waals surface area (Å²) < 4.78 is 69.6. The number of halogens is 2. The Bertz CT molecular complexity index is 1010. The van der Waals surface area contributed by atoms with Gasteiger partial charge in [0, 0.05) is 38.3 Å². The standard InChI is InChI=1S/C20H24F2N2O5S/c1-27-18-7-4-14(19(28-2)20(18)29-3)13-23-8-10-24(11-9-23)30(25,26)15-5-6-16(21)17(22)12-15/h4-7,12H,8-11,13H2,1-3H3. The lowest BCUT2D eigenvalue weighted by Gasteiger charge is -2.34. The lowest BCUT2D eigenvalue weighted by molar-refractivity contribution is 0.179. The number of sulfonamides is 1. The van der Waals surface area contributed by atoms with Gasteiger partial charge in [-0.2, -0.15) is 4.31 Å². The van der Waals surface area contributed by atoms with E-state index in [4.69, 9.17) is 14.2 Å². The highest BCUT2D eigenvalue weighted by Gasteiger charge is 2.30.